The van der Waals surface area contributed by atoms with Crippen LogP contribution in [0.15, 0.2) is 24.3 Å². The Bertz CT molecular complexity index is 369. The second-order valence-corrected chi connectivity index (χ2v) is 4.89. The highest BCUT2D eigenvalue weighted by Crippen LogP contribution is 2.21. The van der Waals surface area contributed by atoms with Crippen LogP contribution >= 0.6 is 0 Å². The molecule has 1 aromatic carbocycles. The van der Waals surface area contributed by atoms with E-state index in [1.807, 2.05) is 0 Å². The van der Waals surface area contributed by atoms with Crippen LogP contribution in [0.4, 0.5) is 4.39 Å². The Labute approximate surface area is 102 Å². The number of nitrogens with zero attached hydrogens (tertiary/aromatic N) is 1. The van der Waals surface area contributed by atoms with E-state index in [0.717, 1.165) is 13.1 Å². The van der Waals surface area contributed by atoms with Crippen LogP contribution < -0.4 is 0 Å². The lowest BCUT2D eigenvalue weighted by molar-refractivity contribution is 0.140. The summed E-state index contributed by atoms with van der Waals surface area (Å²) in [7, 11) is 0. The van der Waals surface area contributed by atoms with Crippen molar-refractivity contribution in [2.24, 2.45) is 0 Å². The molecule has 0 spiro atoms. The molecule has 1 heterocycles. The topological polar surface area (TPSA) is 23.5 Å². The Morgan fingerprint density at radius 2 is 2.35 bits per heavy atom. The zero-order chi connectivity index (χ0) is 12.3. The summed E-state index contributed by atoms with van der Waals surface area (Å²) >= 11 is 0. The predicted octanol–water partition coefficient (Wildman–Crippen LogP) is 2.73. The standard InChI is InChI=1S/C14H20FNO/c1-11-4-3-8-16(11)9-7-14(17)12-5-2-6-13(15)10-12/h2,5-6,10-11,14,17H,3-4,7-9H2,1H3. The van der Waals surface area contributed by atoms with E-state index < -0.39 is 6.10 Å². The number of halogens is 1. The summed E-state index contributed by atoms with van der Waals surface area (Å²) in [5, 5.41) is 10.00. The maximum absolute atomic E-state index is 13.0. The molecule has 2 unspecified atom stereocenters. The molecule has 2 atom stereocenters. The fourth-order valence-electron chi connectivity index (χ4n) is 2.49. The largest absolute Gasteiger partial charge is 0.388 e. The first-order valence-electron chi connectivity index (χ1n) is 6.34. The Kier molecular flexibility index (Phi) is 4.13. The number of hydrogen-bond donors (Lipinski definition) is 1. The van der Waals surface area contributed by atoms with Gasteiger partial charge in [-0.15, -0.1) is 0 Å². The molecule has 1 saturated heterocycles. The molecule has 1 aromatic rings. The number of aliphatic hydroxyl groups excluding tert-OH is 1. The van der Waals surface area contributed by atoms with E-state index in [1.54, 1.807) is 12.1 Å². The highest BCUT2D eigenvalue weighted by Gasteiger charge is 2.20. The molecule has 3 heteroatoms. The number of aliphatic hydroxyl groups is 1. The van der Waals surface area contributed by atoms with E-state index in [1.165, 1.54) is 25.0 Å². The van der Waals surface area contributed by atoms with Gasteiger partial charge in [-0.3, -0.25) is 0 Å². The minimum Gasteiger partial charge on any atom is -0.388 e. The summed E-state index contributed by atoms with van der Waals surface area (Å²) in [4.78, 5) is 2.39. The van der Waals surface area contributed by atoms with Gasteiger partial charge in [0.1, 0.15) is 5.82 Å². The molecule has 2 rings (SSSR count). The second kappa shape index (κ2) is 5.61. The van der Waals surface area contributed by atoms with E-state index >= 15 is 0 Å². The third kappa shape index (κ3) is 3.27. The van der Waals surface area contributed by atoms with Crippen molar-refractivity contribution in [3.05, 3.63) is 35.6 Å². The van der Waals surface area contributed by atoms with Crippen LogP contribution in [0.1, 0.15) is 37.9 Å². The minimum atomic E-state index is -0.557. The van der Waals surface area contributed by atoms with Gasteiger partial charge in [0.15, 0.2) is 0 Å². The van der Waals surface area contributed by atoms with Crippen molar-refractivity contribution in [1.29, 1.82) is 0 Å². The fourth-order valence-corrected chi connectivity index (χ4v) is 2.49. The molecule has 0 aliphatic carbocycles. The van der Waals surface area contributed by atoms with Crippen LogP contribution in [0, 0.1) is 5.82 Å². The van der Waals surface area contributed by atoms with Crippen LogP contribution in [0.2, 0.25) is 0 Å². The molecule has 0 amide bonds. The highest BCUT2D eigenvalue weighted by atomic mass is 19.1. The molecule has 0 saturated carbocycles. The molecule has 2 nitrogen and oxygen atoms in total. The maximum atomic E-state index is 13.0. The van der Waals surface area contributed by atoms with Crippen molar-refractivity contribution < 1.29 is 9.50 Å². The molecule has 1 aliphatic heterocycles. The molecule has 0 radical (unpaired) electrons. The quantitative estimate of drug-likeness (QED) is 0.870. The van der Waals surface area contributed by atoms with E-state index in [2.05, 4.69) is 11.8 Å². The summed E-state index contributed by atoms with van der Waals surface area (Å²) in [6.45, 7) is 4.23. The zero-order valence-electron chi connectivity index (χ0n) is 10.3. The summed E-state index contributed by atoms with van der Waals surface area (Å²) in [5.74, 6) is -0.281. The van der Waals surface area contributed by atoms with Gasteiger partial charge in [0.05, 0.1) is 6.10 Å². The Hall–Kier alpha value is -0.930. The Morgan fingerprint density at radius 3 is 3.00 bits per heavy atom. The minimum absolute atomic E-state index is 0.281. The van der Waals surface area contributed by atoms with E-state index in [-0.39, 0.29) is 5.82 Å². The average molecular weight is 237 g/mol. The van der Waals surface area contributed by atoms with Gasteiger partial charge < -0.3 is 10.0 Å². The van der Waals surface area contributed by atoms with Crippen LogP contribution in [0.25, 0.3) is 0 Å². The molecular weight excluding hydrogens is 217 g/mol. The Balaban J connectivity index is 1.86. The summed E-state index contributed by atoms with van der Waals surface area (Å²) in [6, 6.07) is 6.86. The van der Waals surface area contributed by atoms with Gasteiger partial charge in [-0.2, -0.15) is 0 Å². The molecule has 0 aromatic heterocycles. The normalized spacial score (nSPS) is 22.9. The predicted molar refractivity (Wildman–Crippen MR) is 66.2 cm³/mol. The lowest BCUT2D eigenvalue weighted by Crippen LogP contribution is -2.28. The monoisotopic (exact) mass is 237 g/mol. The highest BCUT2D eigenvalue weighted by molar-refractivity contribution is 5.18. The SMILES string of the molecule is CC1CCCN1CCC(O)c1cccc(F)c1. The number of benzene rings is 1. The maximum Gasteiger partial charge on any atom is 0.123 e. The average Bonchev–Trinajstić information content (AvgIpc) is 2.72. The summed E-state index contributed by atoms with van der Waals surface area (Å²) in [5.41, 5.74) is 0.678. The van der Waals surface area contributed by atoms with Gasteiger partial charge in [0.25, 0.3) is 0 Å². The third-order valence-corrected chi connectivity index (χ3v) is 3.61. The lowest BCUT2D eigenvalue weighted by atomic mass is 10.1. The van der Waals surface area contributed by atoms with Gasteiger partial charge in [-0.05, 0) is 50.4 Å². The van der Waals surface area contributed by atoms with Crippen LogP contribution in [0.5, 0.6) is 0 Å². The lowest BCUT2D eigenvalue weighted by Gasteiger charge is -2.22. The van der Waals surface area contributed by atoms with E-state index in [9.17, 15) is 9.50 Å². The van der Waals surface area contributed by atoms with Crippen LogP contribution in [-0.4, -0.2) is 29.1 Å². The van der Waals surface area contributed by atoms with Gasteiger partial charge in [0.2, 0.25) is 0 Å². The molecule has 17 heavy (non-hydrogen) atoms. The van der Waals surface area contributed by atoms with Crippen molar-refractivity contribution >= 4 is 0 Å². The Morgan fingerprint density at radius 1 is 1.53 bits per heavy atom. The number of hydrogen-bond acceptors (Lipinski definition) is 2. The summed E-state index contributed by atoms with van der Waals surface area (Å²) in [6.07, 6.45) is 2.61. The summed E-state index contributed by atoms with van der Waals surface area (Å²) < 4.78 is 13.0. The first-order chi connectivity index (χ1) is 8.16. The van der Waals surface area contributed by atoms with Gasteiger partial charge in [-0.1, -0.05) is 12.1 Å². The van der Waals surface area contributed by atoms with Crippen molar-refractivity contribution in [1.82, 2.24) is 4.90 Å². The molecule has 1 N–H and O–H groups in total. The third-order valence-electron chi connectivity index (χ3n) is 3.61. The number of rotatable bonds is 4. The van der Waals surface area contributed by atoms with Crippen molar-refractivity contribution in [2.45, 2.75) is 38.3 Å². The second-order valence-electron chi connectivity index (χ2n) is 4.89. The van der Waals surface area contributed by atoms with Gasteiger partial charge in [0, 0.05) is 12.6 Å². The van der Waals surface area contributed by atoms with E-state index in [0.29, 0.717) is 18.0 Å². The zero-order valence-corrected chi connectivity index (χ0v) is 10.3. The van der Waals surface area contributed by atoms with Crippen LogP contribution in [-0.2, 0) is 0 Å². The smallest absolute Gasteiger partial charge is 0.123 e. The molecule has 0 bridgehead atoms. The molecule has 1 aliphatic rings. The molecular formula is C14H20FNO. The first kappa shape index (κ1) is 12.5. The van der Waals surface area contributed by atoms with Gasteiger partial charge in [-0.25, -0.2) is 4.39 Å². The van der Waals surface area contributed by atoms with Crippen LogP contribution in [0.3, 0.4) is 0 Å². The first-order valence-corrected chi connectivity index (χ1v) is 6.34. The van der Waals surface area contributed by atoms with E-state index in [4.69, 9.17) is 0 Å². The van der Waals surface area contributed by atoms with Gasteiger partial charge >= 0.3 is 0 Å². The fraction of sp³-hybridized carbons (Fsp3) is 0.571. The van der Waals surface area contributed by atoms with Crippen molar-refractivity contribution in [3.8, 4) is 0 Å². The van der Waals surface area contributed by atoms with Crippen molar-refractivity contribution in [2.75, 3.05) is 13.1 Å². The molecule has 94 valence electrons. The number of likely N-dealkylation sites (tertiary alicyclic amines) is 1. The molecule has 1 fully saturated rings. The van der Waals surface area contributed by atoms with Crippen molar-refractivity contribution in [3.63, 3.8) is 0 Å².